The minimum atomic E-state index is -0.171. The van der Waals surface area contributed by atoms with Gasteiger partial charge in [0.1, 0.15) is 18.1 Å². The van der Waals surface area contributed by atoms with Crippen LogP contribution in [0.25, 0.3) is 0 Å². The molecule has 0 spiro atoms. The number of fused-ring (bicyclic) bond motifs is 2. The second-order valence-electron chi connectivity index (χ2n) is 5.88. The van der Waals surface area contributed by atoms with Crippen molar-refractivity contribution in [1.82, 2.24) is 5.32 Å². The Hall–Kier alpha value is -2.89. The molecule has 2 aliphatic heterocycles. The standard InChI is InChI=1S/C19H19NO5/c21-19(15-7-9-23-16-4-2-1-3-14(15)16)20-8-10-22-13-5-6-17-18(11-13)25-12-24-17/h1-6,11,15H,7-10,12H2,(H,20,21)/t15-/m0/s1. The van der Waals surface area contributed by atoms with Crippen molar-refractivity contribution in [2.45, 2.75) is 12.3 Å². The van der Waals surface area contributed by atoms with Crippen molar-refractivity contribution in [1.29, 1.82) is 0 Å². The normalized spacial score (nSPS) is 17.4. The van der Waals surface area contributed by atoms with Gasteiger partial charge >= 0.3 is 0 Å². The quantitative estimate of drug-likeness (QED) is 0.847. The number of para-hydroxylation sites is 1. The average molecular weight is 341 g/mol. The van der Waals surface area contributed by atoms with E-state index in [-0.39, 0.29) is 18.6 Å². The maximum absolute atomic E-state index is 12.5. The summed E-state index contributed by atoms with van der Waals surface area (Å²) in [5, 5.41) is 2.94. The molecule has 0 radical (unpaired) electrons. The van der Waals surface area contributed by atoms with Crippen LogP contribution >= 0.6 is 0 Å². The maximum Gasteiger partial charge on any atom is 0.231 e. The zero-order chi connectivity index (χ0) is 17.1. The molecule has 6 nitrogen and oxygen atoms in total. The Morgan fingerprint density at radius 3 is 2.92 bits per heavy atom. The van der Waals surface area contributed by atoms with Gasteiger partial charge in [0.25, 0.3) is 0 Å². The number of hydrogen-bond acceptors (Lipinski definition) is 5. The fraction of sp³-hybridized carbons (Fsp3) is 0.316. The maximum atomic E-state index is 12.5. The SMILES string of the molecule is O=C(NCCOc1ccc2c(c1)OCO2)[C@H]1CCOc2ccccc21. The molecule has 0 aromatic heterocycles. The van der Waals surface area contributed by atoms with Crippen molar-refractivity contribution in [3.63, 3.8) is 0 Å². The van der Waals surface area contributed by atoms with Gasteiger partial charge in [-0.2, -0.15) is 0 Å². The monoisotopic (exact) mass is 341 g/mol. The molecule has 1 atom stereocenters. The Kier molecular flexibility index (Phi) is 4.33. The predicted octanol–water partition coefficient (Wildman–Crippen LogP) is 2.48. The number of hydrogen-bond donors (Lipinski definition) is 1. The Balaban J connectivity index is 1.28. The molecule has 2 heterocycles. The number of carbonyl (C=O) groups is 1. The third kappa shape index (κ3) is 3.33. The molecule has 0 saturated carbocycles. The lowest BCUT2D eigenvalue weighted by atomic mass is 9.92. The molecule has 0 fully saturated rings. The van der Waals surface area contributed by atoms with Gasteiger partial charge in [-0.3, -0.25) is 4.79 Å². The molecule has 0 bridgehead atoms. The summed E-state index contributed by atoms with van der Waals surface area (Å²) in [4.78, 5) is 12.5. The summed E-state index contributed by atoms with van der Waals surface area (Å²) in [5.41, 5.74) is 0.947. The van der Waals surface area contributed by atoms with Crippen molar-refractivity contribution < 1.29 is 23.7 Å². The number of amides is 1. The predicted molar refractivity (Wildman–Crippen MR) is 90.4 cm³/mol. The minimum Gasteiger partial charge on any atom is -0.493 e. The highest BCUT2D eigenvalue weighted by Crippen LogP contribution is 2.35. The summed E-state index contributed by atoms with van der Waals surface area (Å²) in [6.45, 7) is 1.62. The first-order chi connectivity index (χ1) is 12.3. The lowest BCUT2D eigenvalue weighted by Gasteiger charge is -2.25. The van der Waals surface area contributed by atoms with Crippen LogP contribution in [0.1, 0.15) is 17.9 Å². The first-order valence-electron chi connectivity index (χ1n) is 8.33. The highest BCUT2D eigenvalue weighted by molar-refractivity contribution is 5.84. The Morgan fingerprint density at radius 1 is 1.08 bits per heavy atom. The Bertz CT molecular complexity index is 776. The summed E-state index contributed by atoms with van der Waals surface area (Å²) in [6, 6.07) is 13.1. The van der Waals surface area contributed by atoms with Crippen LogP contribution in [-0.4, -0.2) is 32.5 Å². The van der Waals surface area contributed by atoms with Crippen LogP contribution in [0.2, 0.25) is 0 Å². The van der Waals surface area contributed by atoms with Gasteiger partial charge in [-0.05, 0) is 24.6 Å². The molecule has 6 heteroatoms. The van der Waals surface area contributed by atoms with Crippen LogP contribution in [0.4, 0.5) is 0 Å². The highest BCUT2D eigenvalue weighted by atomic mass is 16.7. The van der Waals surface area contributed by atoms with Crippen LogP contribution in [-0.2, 0) is 4.79 Å². The summed E-state index contributed by atoms with van der Waals surface area (Å²) in [5.74, 6) is 2.72. The largest absolute Gasteiger partial charge is 0.493 e. The molecule has 1 N–H and O–H groups in total. The molecule has 0 aliphatic carbocycles. The second-order valence-corrected chi connectivity index (χ2v) is 5.88. The van der Waals surface area contributed by atoms with Gasteiger partial charge in [-0.1, -0.05) is 18.2 Å². The van der Waals surface area contributed by atoms with E-state index in [9.17, 15) is 4.79 Å². The van der Waals surface area contributed by atoms with Gasteiger partial charge in [-0.15, -0.1) is 0 Å². The summed E-state index contributed by atoms with van der Waals surface area (Å²) >= 11 is 0. The van der Waals surface area contributed by atoms with Crippen molar-refractivity contribution >= 4 is 5.91 Å². The van der Waals surface area contributed by atoms with E-state index in [0.717, 1.165) is 17.1 Å². The molecule has 2 aromatic rings. The third-order valence-electron chi connectivity index (χ3n) is 4.29. The zero-order valence-corrected chi connectivity index (χ0v) is 13.7. The highest BCUT2D eigenvalue weighted by Gasteiger charge is 2.27. The van der Waals surface area contributed by atoms with E-state index < -0.39 is 0 Å². The number of benzene rings is 2. The van der Waals surface area contributed by atoms with E-state index in [1.807, 2.05) is 36.4 Å². The summed E-state index contributed by atoms with van der Waals surface area (Å²) in [6.07, 6.45) is 0.686. The van der Waals surface area contributed by atoms with Crippen LogP contribution in [0, 0.1) is 0 Å². The van der Waals surface area contributed by atoms with E-state index in [1.165, 1.54) is 0 Å². The molecule has 130 valence electrons. The third-order valence-corrected chi connectivity index (χ3v) is 4.29. The van der Waals surface area contributed by atoms with E-state index in [2.05, 4.69) is 5.32 Å². The van der Waals surface area contributed by atoms with Crippen molar-refractivity contribution in [2.75, 3.05) is 26.6 Å². The molecular formula is C19H19NO5. The van der Waals surface area contributed by atoms with Gasteiger partial charge < -0.3 is 24.3 Å². The van der Waals surface area contributed by atoms with Crippen molar-refractivity contribution in [2.24, 2.45) is 0 Å². The fourth-order valence-electron chi connectivity index (χ4n) is 3.05. The first-order valence-corrected chi connectivity index (χ1v) is 8.33. The number of rotatable bonds is 5. The molecule has 0 saturated heterocycles. The molecule has 2 aliphatic rings. The molecular weight excluding hydrogens is 322 g/mol. The molecule has 1 amide bonds. The fourth-order valence-corrected chi connectivity index (χ4v) is 3.05. The molecule has 2 aromatic carbocycles. The number of nitrogens with one attached hydrogen (secondary N) is 1. The van der Waals surface area contributed by atoms with Crippen LogP contribution in [0.3, 0.4) is 0 Å². The summed E-state index contributed by atoms with van der Waals surface area (Å²) in [7, 11) is 0. The van der Waals surface area contributed by atoms with Crippen LogP contribution in [0.15, 0.2) is 42.5 Å². The topological polar surface area (TPSA) is 66.0 Å². The zero-order valence-electron chi connectivity index (χ0n) is 13.7. The van der Waals surface area contributed by atoms with Crippen molar-refractivity contribution in [3.05, 3.63) is 48.0 Å². The Morgan fingerprint density at radius 2 is 1.96 bits per heavy atom. The van der Waals surface area contributed by atoms with Gasteiger partial charge in [0.15, 0.2) is 11.5 Å². The van der Waals surface area contributed by atoms with E-state index >= 15 is 0 Å². The van der Waals surface area contributed by atoms with Crippen molar-refractivity contribution in [3.8, 4) is 23.0 Å². The molecule has 4 rings (SSSR count). The van der Waals surface area contributed by atoms with Gasteiger partial charge in [0.2, 0.25) is 12.7 Å². The van der Waals surface area contributed by atoms with Gasteiger partial charge in [0, 0.05) is 11.6 Å². The lowest BCUT2D eigenvalue weighted by Crippen LogP contribution is -2.34. The van der Waals surface area contributed by atoms with Crippen LogP contribution in [0.5, 0.6) is 23.0 Å². The van der Waals surface area contributed by atoms with E-state index in [1.54, 1.807) is 6.07 Å². The minimum absolute atomic E-state index is 0.00466. The van der Waals surface area contributed by atoms with E-state index in [0.29, 0.717) is 37.7 Å². The first kappa shape index (κ1) is 15.6. The number of ether oxygens (including phenoxy) is 4. The van der Waals surface area contributed by atoms with Crippen LogP contribution < -0.4 is 24.3 Å². The summed E-state index contributed by atoms with van der Waals surface area (Å²) < 4.78 is 21.8. The second kappa shape index (κ2) is 6.93. The smallest absolute Gasteiger partial charge is 0.231 e. The molecule has 0 unspecified atom stereocenters. The van der Waals surface area contributed by atoms with Gasteiger partial charge in [0.05, 0.1) is 19.1 Å². The molecule has 25 heavy (non-hydrogen) atoms. The van der Waals surface area contributed by atoms with E-state index in [4.69, 9.17) is 18.9 Å². The Labute approximate surface area is 145 Å². The lowest BCUT2D eigenvalue weighted by molar-refractivity contribution is -0.123. The number of carbonyl (C=O) groups excluding carboxylic acids is 1. The average Bonchev–Trinajstić information content (AvgIpc) is 3.12. The van der Waals surface area contributed by atoms with Gasteiger partial charge in [-0.25, -0.2) is 0 Å².